The number of benzene rings is 5. The summed E-state index contributed by atoms with van der Waals surface area (Å²) in [5.74, 6) is 0. The van der Waals surface area contributed by atoms with Crippen LogP contribution in [0.25, 0.3) is 11.1 Å². The van der Waals surface area contributed by atoms with Gasteiger partial charge in [-0.3, -0.25) is 0 Å². The van der Waals surface area contributed by atoms with E-state index in [4.69, 9.17) is 0 Å². The molecule has 0 bridgehead atoms. The van der Waals surface area contributed by atoms with Gasteiger partial charge in [-0.05, 0) is 54.1 Å². The van der Waals surface area contributed by atoms with E-state index in [-0.39, 0.29) is 0 Å². The van der Waals surface area contributed by atoms with Crippen LogP contribution in [0.3, 0.4) is 0 Å². The van der Waals surface area contributed by atoms with E-state index in [2.05, 4.69) is 156 Å². The summed E-state index contributed by atoms with van der Waals surface area (Å²) in [6, 6.07) is 48.9. The first kappa shape index (κ1) is 20.6. The van der Waals surface area contributed by atoms with Crippen LogP contribution >= 0.6 is 0 Å². The maximum atomic E-state index is 2.29. The van der Waals surface area contributed by atoms with Crippen molar-refractivity contribution in [2.45, 2.75) is 0 Å². The second-order valence-corrected chi connectivity index (χ2v) is 7.97. The molecule has 0 fully saturated rings. The highest BCUT2D eigenvalue weighted by Crippen LogP contribution is 2.38. The molecule has 5 aromatic carbocycles. The molecular weight excluding hydrogens is 400 g/mol. The Balaban J connectivity index is 1.57. The van der Waals surface area contributed by atoms with Crippen LogP contribution in [0.2, 0.25) is 0 Å². The first-order chi connectivity index (χ1) is 16.3. The largest absolute Gasteiger partial charge is 0.344 e. The Kier molecular flexibility index (Phi) is 5.90. The van der Waals surface area contributed by atoms with Gasteiger partial charge >= 0.3 is 0 Å². The molecule has 0 N–H and O–H groups in total. The van der Waals surface area contributed by atoms with Gasteiger partial charge in [0.05, 0.1) is 0 Å². The monoisotopic (exact) mass is 426 g/mol. The number of hydrogen-bond acceptors (Lipinski definition) is 2. The second kappa shape index (κ2) is 9.46. The summed E-state index contributed by atoms with van der Waals surface area (Å²) in [5, 5.41) is 0. The lowest BCUT2D eigenvalue weighted by Crippen LogP contribution is -2.13. The number of rotatable bonds is 6. The van der Waals surface area contributed by atoms with Crippen molar-refractivity contribution in [2.75, 3.05) is 16.8 Å². The molecule has 0 heterocycles. The van der Waals surface area contributed by atoms with E-state index in [0.29, 0.717) is 0 Å². The van der Waals surface area contributed by atoms with Gasteiger partial charge in [0.1, 0.15) is 0 Å². The van der Waals surface area contributed by atoms with Gasteiger partial charge in [0.2, 0.25) is 0 Å². The molecule has 0 saturated carbocycles. The molecule has 0 amide bonds. The van der Waals surface area contributed by atoms with Gasteiger partial charge in [-0.25, -0.2) is 0 Å². The Morgan fingerprint density at radius 1 is 0.424 bits per heavy atom. The Hall–Kier alpha value is -4.30. The predicted octanol–water partition coefficient (Wildman–Crippen LogP) is 8.59. The van der Waals surface area contributed by atoms with Gasteiger partial charge in [0.25, 0.3) is 0 Å². The van der Waals surface area contributed by atoms with Gasteiger partial charge in [0.15, 0.2) is 0 Å². The van der Waals surface area contributed by atoms with Crippen LogP contribution in [-0.4, -0.2) is 7.05 Å². The SMILES string of the molecule is CN(c1cccc(N(c2ccccc2)c2ccccc2)c1)c1ccccc1-c1ccccc1. The molecule has 0 aliphatic heterocycles. The summed E-state index contributed by atoms with van der Waals surface area (Å²) in [7, 11) is 2.14. The molecule has 0 aliphatic carbocycles. The van der Waals surface area contributed by atoms with Crippen molar-refractivity contribution in [1.29, 1.82) is 0 Å². The summed E-state index contributed by atoms with van der Waals surface area (Å²) in [6.07, 6.45) is 0. The molecular formula is C31H26N2. The lowest BCUT2D eigenvalue weighted by molar-refractivity contribution is 1.20. The van der Waals surface area contributed by atoms with Crippen LogP contribution in [0.1, 0.15) is 0 Å². The molecule has 160 valence electrons. The van der Waals surface area contributed by atoms with Crippen LogP contribution in [-0.2, 0) is 0 Å². The fourth-order valence-electron chi connectivity index (χ4n) is 4.21. The van der Waals surface area contributed by atoms with Crippen molar-refractivity contribution in [3.05, 3.63) is 140 Å². The number of anilines is 5. The van der Waals surface area contributed by atoms with Gasteiger partial charge in [-0.1, -0.05) is 91.0 Å². The molecule has 0 aromatic heterocycles. The highest BCUT2D eigenvalue weighted by molar-refractivity contribution is 5.84. The third-order valence-corrected chi connectivity index (χ3v) is 5.85. The predicted molar refractivity (Wildman–Crippen MR) is 141 cm³/mol. The minimum absolute atomic E-state index is 1.12. The second-order valence-electron chi connectivity index (χ2n) is 7.97. The van der Waals surface area contributed by atoms with Gasteiger partial charge in [-0.15, -0.1) is 0 Å². The van der Waals surface area contributed by atoms with E-state index in [1.54, 1.807) is 0 Å². The third kappa shape index (κ3) is 4.37. The zero-order valence-electron chi connectivity index (χ0n) is 18.7. The zero-order chi connectivity index (χ0) is 22.5. The van der Waals surface area contributed by atoms with E-state index in [1.807, 2.05) is 0 Å². The summed E-state index contributed by atoms with van der Waals surface area (Å²) >= 11 is 0. The molecule has 0 radical (unpaired) electrons. The Bertz CT molecular complexity index is 1280. The molecule has 0 atom stereocenters. The fourth-order valence-corrected chi connectivity index (χ4v) is 4.21. The van der Waals surface area contributed by atoms with E-state index < -0.39 is 0 Å². The van der Waals surface area contributed by atoms with Gasteiger partial charge < -0.3 is 9.80 Å². The maximum absolute atomic E-state index is 2.29. The molecule has 33 heavy (non-hydrogen) atoms. The summed E-state index contributed by atoms with van der Waals surface area (Å²) in [5.41, 5.74) is 8.12. The lowest BCUT2D eigenvalue weighted by atomic mass is 10.0. The third-order valence-electron chi connectivity index (χ3n) is 5.85. The molecule has 2 heteroatoms. The first-order valence-corrected chi connectivity index (χ1v) is 11.2. The van der Waals surface area contributed by atoms with E-state index in [0.717, 1.165) is 22.7 Å². The van der Waals surface area contributed by atoms with Crippen molar-refractivity contribution < 1.29 is 0 Å². The minimum atomic E-state index is 1.12. The van der Waals surface area contributed by atoms with Crippen LogP contribution < -0.4 is 9.80 Å². The van der Waals surface area contributed by atoms with Crippen molar-refractivity contribution in [3.63, 3.8) is 0 Å². The average molecular weight is 427 g/mol. The normalized spacial score (nSPS) is 10.6. The highest BCUT2D eigenvalue weighted by atomic mass is 15.2. The highest BCUT2D eigenvalue weighted by Gasteiger charge is 2.15. The van der Waals surface area contributed by atoms with Crippen LogP contribution in [0, 0.1) is 0 Å². The first-order valence-electron chi connectivity index (χ1n) is 11.2. The van der Waals surface area contributed by atoms with E-state index in [1.165, 1.54) is 16.8 Å². The van der Waals surface area contributed by atoms with Crippen molar-refractivity contribution in [3.8, 4) is 11.1 Å². The quantitative estimate of drug-likeness (QED) is 0.268. The fraction of sp³-hybridized carbons (Fsp3) is 0.0323. The average Bonchev–Trinajstić information content (AvgIpc) is 2.90. The summed E-state index contributed by atoms with van der Waals surface area (Å²) in [4.78, 5) is 4.56. The number of nitrogens with zero attached hydrogens (tertiary/aromatic N) is 2. The summed E-state index contributed by atoms with van der Waals surface area (Å²) < 4.78 is 0. The number of para-hydroxylation sites is 3. The molecule has 0 saturated heterocycles. The molecule has 2 nitrogen and oxygen atoms in total. The Morgan fingerprint density at radius 2 is 0.909 bits per heavy atom. The van der Waals surface area contributed by atoms with Gasteiger partial charge in [-0.2, -0.15) is 0 Å². The lowest BCUT2D eigenvalue weighted by Gasteiger charge is -2.28. The maximum Gasteiger partial charge on any atom is 0.0487 e. The van der Waals surface area contributed by atoms with Crippen molar-refractivity contribution >= 4 is 28.4 Å². The van der Waals surface area contributed by atoms with Crippen LogP contribution in [0.4, 0.5) is 28.4 Å². The van der Waals surface area contributed by atoms with Crippen LogP contribution in [0.5, 0.6) is 0 Å². The topological polar surface area (TPSA) is 6.48 Å². The van der Waals surface area contributed by atoms with Crippen LogP contribution in [0.15, 0.2) is 140 Å². The molecule has 5 aromatic rings. The minimum Gasteiger partial charge on any atom is -0.344 e. The molecule has 0 spiro atoms. The standard InChI is InChI=1S/C31H26N2/c1-32(31-23-12-11-22-30(31)25-14-5-2-6-15-25)28-20-13-21-29(24-28)33(26-16-7-3-8-17-26)27-18-9-4-10-19-27/h2-24H,1H3. The molecule has 5 rings (SSSR count). The van der Waals surface area contributed by atoms with Crippen molar-refractivity contribution in [1.82, 2.24) is 0 Å². The Labute approximate surface area is 196 Å². The Morgan fingerprint density at radius 3 is 1.55 bits per heavy atom. The van der Waals surface area contributed by atoms with Gasteiger partial charge in [0, 0.05) is 41.0 Å². The number of hydrogen-bond donors (Lipinski definition) is 0. The molecule has 0 unspecified atom stereocenters. The molecule has 0 aliphatic rings. The van der Waals surface area contributed by atoms with E-state index in [9.17, 15) is 0 Å². The smallest absolute Gasteiger partial charge is 0.0487 e. The van der Waals surface area contributed by atoms with E-state index >= 15 is 0 Å². The summed E-state index contributed by atoms with van der Waals surface area (Å²) in [6.45, 7) is 0. The van der Waals surface area contributed by atoms with Crippen molar-refractivity contribution in [2.24, 2.45) is 0 Å². The zero-order valence-corrected chi connectivity index (χ0v) is 18.7.